The molecule has 0 spiro atoms. The van der Waals surface area contributed by atoms with Crippen LogP contribution in [0.4, 0.5) is 10.2 Å². The van der Waals surface area contributed by atoms with Gasteiger partial charge in [0.25, 0.3) is 0 Å². The van der Waals surface area contributed by atoms with Crippen molar-refractivity contribution in [3.05, 3.63) is 81.6 Å². The standard InChI is InChI=1S/C22H19FN2O2S/c1-14-5-3-9-24-22(14)25(12-17-6-4-10-28-17)13-19(26)21-15(2)18-11-16(23)7-8-20(18)27-21/h3-11H,12-13H2,1-2H3. The topological polar surface area (TPSA) is 46.3 Å². The maximum atomic E-state index is 13.6. The Kier molecular flexibility index (Phi) is 4.96. The Hall–Kier alpha value is -2.99. The maximum Gasteiger partial charge on any atom is 0.217 e. The van der Waals surface area contributed by atoms with E-state index in [2.05, 4.69) is 4.98 Å². The summed E-state index contributed by atoms with van der Waals surface area (Å²) in [6.45, 7) is 4.46. The summed E-state index contributed by atoms with van der Waals surface area (Å²) in [6.07, 6.45) is 1.73. The number of hydrogen-bond donors (Lipinski definition) is 0. The highest BCUT2D eigenvalue weighted by atomic mass is 32.1. The first-order chi connectivity index (χ1) is 13.5. The van der Waals surface area contributed by atoms with Gasteiger partial charge in [-0.25, -0.2) is 9.37 Å². The molecule has 0 fully saturated rings. The second-order valence-corrected chi connectivity index (χ2v) is 7.73. The van der Waals surface area contributed by atoms with E-state index in [0.717, 1.165) is 16.3 Å². The Morgan fingerprint density at radius 3 is 2.82 bits per heavy atom. The summed E-state index contributed by atoms with van der Waals surface area (Å²) in [7, 11) is 0. The van der Waals surface area contributed by atoms with Crippen molar-refractivity contribution in [2.45, 2.75) is 20.4 Å². The fourth-order valence-electron chi connectivity index (χ4n) is 3.31. The summed E-state index contributed by atoms with van der Waals surface area (Å²) < 4.78 is 19.3. The van der Waals surface area contributed by atoms with Gasteiger partial charge in [0, 0.05) is 22.0 Å². The molecule has 4 nitrogen and oxygen atoms in total. The van der Waals surface area contributed by atoms with Crippen molar-refractivity contribution in [2.75, 3.05) is 11.4 Å². The third kappa shape index (κ3) is 3.55. The van der Waals surface area contributed by atoms with Crippen molar-refractivity contribution in [1.29, 1.82) is 0 Å². The van der Waals surface area contributed by atoms with Gasteiger partial charge in [-0.1, -0.05) is 12.1 Å². The molecule has 0 aliphatic rings. The molecule has 6 heteroatoms. The fraction of sp³-hybridized carbons (Fsp3) is 0.182. The lowest BCUT2D eigenvalue weighted by atomic mass is 10.1. The van der Waals surface area contributed by atoms with Gasteiger partial charge < -0.3 is 9.32 Å². The number of Topliss-reactive ketones (excluding diaryl/α,β-unsaturated/α-hetero) is 1. The minimum absolute atomic E-state index is 0.124. The van der Waals surface area contributed by atoms with Crippen molar-refractivity contribution >= 4 is 33.9 Å². The molecule has 0 bridgehead atoms. The van der Waals surface area contributed by atoms with Crippen LogP contribution in [0, 0.1) is 19.7 Å². The van der Waals surface area contributed by atoms with Gasteiger partial charge in [0.1, 0.15) is 17.2 Å². The van der Waals surface area contributed by atoms with Gasteiger partial charge in [-0.2, -0.15) is 0 Å². The first-order valence-electron chi connectivity index (χ1n) is 8.93. The third-order valence-corrected chi connectivity index (χ3v) is 5.56. The van der Waals surface area contributed by atoms with Crippen molar-refractivity contribution in [3.63, 3.8) is 0 Å². The Morgan fingerprint density at radius 2 is 2.07 bits per heavy atom. The number of carbonyl (C=O) groups is 1. The van der Waals surface area contributed by atoms with Crippen LogP contribution in [0.25, 0.3) is 11.0 Å². The molecule has 3 aromatic heterocycles. The number of nitrogens with zero attached hydrogens (tertiary/aromatic N) is 2. The second kappa shape index (κ2) is 7.56. The molecular weight excluding hydrogens is 375 g/mol. The molecule has 4 aromatic rings. The monoisotopic (exact) mass is 394 g/mol. The molecule has 0 saturated carbocycles. The third-order valence-electron chi connectivity index (χ3n) is 4.69. The zero-order chi connectivity index (χ0) is 19.7. The number of aryl methyl sites for hydroxylation is 2. The lowest BCUT2D eigenvalue weighted by Crippen LogP contribution is -2.30. The van der Waals surface area contributed by atoms with E-state index in [0.29, 0.717) is 23.1 Å². The molecule has 3 heterocycles. The number of benzene rings is 1. The van der Waals surface area contributed by atoms with Gasteiger partial charge >= 0.3 is 0 Å². The number of rotatable bonds is 6. The number of carbonyl (C=O) groups excluding carboxylic acids is 1. The van der Waals surface area contributed by atoms with E-state index >= 15 is 0 Å². The van der Waals surface area contributed by atoms with Gasteiger partial charge in [0.2, 0.25) is 5.78 Å². The molecule has 0 saturated heterocycles. The molecule has 1 aromatic carbocycles. The highest BCUT2D eigenvalue weighted by Crippen LogP contribution is 2.28. The van der Waals surface area contributed by atoms with Crippen LogP contribution in [0.2, 0.25) is 0 Å². The van der Waals surface area contributed by atoms with E-state index < -0.39 is 0 Å². The number of fused-ring (bicyclic) bond motifs is 1. The predicted molar refractivity (Wildman–Crippen MR) is 110 cm³/mol. The van der Waals surface area contributed by atoms with Crippen molar-refractivity contribution in [1.82, 2.24) is 4.98 Å². The van der Waals surface area contributed by atoms with Crippen LogP contribution in [0.15, 0.2) is 58.5 Å². The van der Waals surface area contributed by atoms with E-state index in [9.17, 15) is 9.18 Å². The first kappa shape index (κ1) is 18.4. The average Bonchev–Trinajstić information content (AvgIpc) is 3.30. The SMILES string of the molecule is Cc1cccnc1N(CC(=O)c1oc2ccc(F)cc2c1C)Cc1cccs1. The normalized spacial score (nSPS) is 11.1. The number of ketones is 1. The van der Waals surface area contributed by atoms with Crippen molar-refractivity contribution < 1.29 is 13.6 Å². The van der Waals surface area contributed by atoms with E-state index in [1.807, 2.05) is 41.5 Å². The molecule has 0 unspecified atom stereocenters. The molecule has 0 N–H and O–H groups in total. The summed E-state index contributed by atoms with van der Waals surface area (Å²) in [5.41, 5.74) is 2.17. The first-order valence-corrected chi connectivity index (χ1v) is 9.81. The highest BCUT2D eigenvalue weighted by molar-refractivity contribution is 7.09. The lowest BCUT2D eigenvalue weighted by molar-refractivity contribution is 0.0973. The number of hydrogen-bond acceptors (Lipinski definition) is 5. The van der Waals surface area contributed by atoms with Crippen LogP contribution in [0.3, 0.4) is 0 Å². The predicted octanol–water partition coefficient (Wildman–Crippen LogP) is 5.53. The Balaban J connectivity index is 1.67. The number of thiophene rings is 1. The average molecular weight is 394 g/mol. The molecule has 0 atom stereocenters. The smallest absolute Gasteiger partial charge is 0.217 e. The van der Waals surface area contributed by atoms with Gasteiger partial charge in [0.05, 0.1) is 13.1 Å². The van der Waals surface area contributed by atoms with Crippen LogP contribution in [0.5, 0.6) is 0 Å². The largest absolute Gasteiger partial charge is 0.453 e. The molecule has 142 valence electrons. The quantitative estimate of drug-likeness (QED) is 0.403. The highest BCUT2D eigenvalue weighted by Gasteiger charge is 2.22. The Labute approximate surface area is 166 Å². The number of aromatic nitrogens is 1. The van der Waals surface area contributed by atoms with Gasteiger partial charge in [-0.3, -0.25) is 4.79 Å². The summed E-state index contributed by atoms with van der Waals surface area (Å²) in [5, 5.41) is 2.64. The van der Waals surface area contributed by atoms with E-state index in [-0.39, 0.29) is 23.9 Å². The van der Waals surface area contributed by atoms with E-state index in [1.165, 1.54) is 12.1 Å². The summed E-state index contributed by atoms with van der Waals surface area (Å²) >= 11 is 1.64. The molecule has 0 aliphatic carbocycles. The van der Waals surface area contributed by atoms with Crippen LogP contribution in [0.1, 0.15) is 26.6 Å². The molecule has 28 heavy (non-hydrogen) atoms. The van der Waals surface area contributed by atoms with Gasteiger partial charge in [-0.15, -0.1) is 11.3 Å². The number of anilines is 1. The fourth-order valence-corrected chi connectivity index (χ4v) is 4.03. The molecule has 0 radical (unpaired) electrons. The minimum atomic E-state index is -0.348. The number of pyridine rings is 1. The summed E-state index contributed by atoms with van der Waals surface area (Å²) in [5.74, 6) is 0.531. The minimum Gasteiger partial charge on any atom is -0.453 e. The zero-order valence-electron chi connectivity index (χ0n) is 15.6. The Bertz CT molecular complexity index is 1130. The lowest BCUT2D eigenvalue weighted by Gasteiger charge is -2.23. The van der Waals surface area contributed by atoms with E-state index in [1.54, 1.807) is 30.5 Å². The van der Waals surface area contributed by atoms with Gasteiger partial charge in [-0.05, 0) is 55.1 Å². The zero-order valence-corrected chi connectivity index (χ0v) is 16.4. The van der Waals surface area contributed by atoms with Crippen LogP contribution in [-0.2, 0) is 6.54 Å². The van der Waals surface area contributed by atoms with Crippen molar-refractivity contribution in [2.24, 2.45) is 0 Å². The molecule has 4 rings (SSSR count). The van der Waals surface area contributed by atoms with Crippen LogP contribution >= 0.6 is 11.3 Å². The second-order valence-electron chi connectivity index (χ2n) is 6.70. The summed E-state index contributed by atoms with van der Waals surface area (Å²) in [4.78, 5) is 20.7. The molecular formula is C22H19FN2O2S. The maximum absolute atomic E-state index is 13.6. The summed E-state index contributed by atoms with van der Waals surface area (Å²) in [6, 6.07) is 12.2. The van der Waals surface area contributed by atoms with E-state index in [4.69, 9.17) is 4.42 Å². The van der Waals surface area contributed by atoms with Crippen LogP contribution < -0.4 is 4.90 Å². The van der Waals surface area contributed by atoms with Crippen molar-refractivity contribution in [3.8, 4) is 0 Å². The molecule has 0 amide bonds. The van der Waals surface area contributed by atoms with Crippen LogP contribution in [-0.4, -0.2) is 17.3 Å². The van der Waals surface area contributed by atoms with Gasteiger partial charge in [0.15, 0.2) is 5.76 Å². The number of halogens is 1. The Morgan fingerprint density at radius 1 is 1.21 bits per heavy atom. The molecule has 0 aliphatic heterocycles. The number of furan rings is 1.